The third-order valence-electron chi connectivity index (χ3n) is 3.99. The molecule has 2 heterocycles. The van der Waals surface area contributed by atoms with Gasteiger partial charge in [-0.05, 0) is 72.3 Å². The van der Waals surface area contributed by atoms with Gasteiger partial charge in [0.1, 0.15) is 0 Å². The summed E-state index contributed by atoms with van der Waals surface area (Å²) in [6.45, 7) is 2.83. The molecule has 116 valence electrons. The van der Waals surface area contributed by atoms with Crippen LogP contribution in [-0.4, -0.2) is 25.5 Å². The number of carbonyl (C=O) groups excluding carboxylic acids is 1. The van der Waals surface area contributed by atoms with Crippen LogP contribution < -0.4 is 15.5 Å². The van der Waals surface area contributed by atoms with E-state index in [1.807, 2.05) is 24.4 Å². The second-order valence-electron chi connectivity index (χ2n) is 5.56. The van der Waals surface area contributed by atoms with Gasteiger partial charge in [-0.25, -0.2) is 0 Å². The van der Waals surface area contributed by atoms with E-state index in [0.29, 0.717) is 12.1 Å². The molecule has 2 aliphatic heterocycles. The first-order valence-electron chi connectivity index (χ1n) is 7.70. The van der Waals surface area contributed by atoms with Gasteiger partial charge >= 0.3 is 0 Å². The normalized spacial score (nSPS) is 17.7. The van der Waals surface area contributed by atoms with Crippen LogP contribution in [0.5, 0.6) is 0 Å². The predicted octanol–water partition coefficient (Wildman–Crippen LogP) is 3.26. The lowest BCUT2D eigenvalue weighted by atomic mass is 10.1. The molecule has 1 saturated heterocycles. The van der Waals surface area contributed by atoms with Crippen molar-refractivity contribution in [1.29, 1.82) is 0 Å². The van der Waals surface area contributed by atoms with Gasteiger partial charge in [0.2, 0.25) is 0 Å². The summed E-state index contributed by atoms with van der Waals surface area (Å²) in [5.41, 5.74) is 2.75. The molecule has 4 nitrogen and oxygen atoms in total. The molecule has 1 fully saturated rings. The summed E-state index contributed by atoms with van der Waals surface area (Å²) in [5, 5.41) is 6.14. The van der Waals surface area contributed by atoms with Crippen LogP contribution in [0.3, 0.4) is 0 Å². The van der Waals surface area contributed by atoms with Crippen molar-refractivity contribution in [3.05, 3.63) is 45.7 Å². The van der Waals surface area contributed by atoms with Crippen LogP contribution in [0.1, 0.15) is 19.3 Å². The van der Waals surface area contributed by atoms with E-state index in [0.717, 1.165) is 28.0 Å². The lowest BCUT2D eigenvalue weighted by Crippen LogP contribution is -2.30. The highest BCUT2D eigenvalue weighted by Crippen LogP contribution is 2.30. The summed E-state index contributed by atoms with van der Waals surface area (Å²) >= 11 is 2.29. The zero-order valence-electron chi connectivity index (χ0n) is 12.4. The molecule has 1 aromatic rings. The Bertz CT molecular complexity index is 618. The molecule has 0 spiro atoms. The average molecular weight is 409 g/mol. The molecule has 3 rings (SSSR count). The number of rotatable bonds is 3. The van der Waals surface area contributed by atoms with E-state index in [1.54, 1.807) is 0 Å². The molecule has 0 aromatic heterocycles. The van der Waals surface area contributed by atoms with E-state index in [9.17, 15) is 4.79 Å². The lowest BCUT2D eigenvalue weighted by molar-refractivity contribution is -0.112. The number of hydrogen-bond donors (Lipinski definition) is 2. The van der Waals surface area contributed by atoms with Crippen molar-refractivity contribution < 1.29 is 4.79 Å². The Kier molecular flexibility index (Phi) is 5.02. The number of benzene rings is 1. The van der Waals surface area contributed by atoms with Gasteiger partial charge in [-0.3, -0.25) is 4.79 Å². The number of nitrogens with zero attached hydrogens (tertiary/aromatic N) is 1. The Labute approximate surface area is 144 Å². The fraction of sp³-hybridized carbons (Fsp3) is 0.353. The molecule has 1 aromatic carbocycles. The number of carbonyl (C=O) groups is 1. The van der Waals surface area contributed by atoms with Crippen LogP contribution >= 0.6 is 22.6 Å². The Morgan fingerprint density at radius 3 is 2.77 bits per heavy atom. The topological polar surface area (TPSA) is 44.4 Å². The Morgan fingerprint density at radius 1 is 1.23 bits per heavy atom. The number of hydrogen-bond acceptors (Lipinski definition) is 3. The summed E-state index contributed by atoms with van der Waals surface area (Å²) in [7, 11) is 0. The molecule has 1 amide bonds. The molecular formula is C17H20IN3O. The summed E-state index contributed by atoms with van der Waals surface area (Å²) in [6.07, 6.45) is 9.28. The molecule has 5 heteroatoms. The minimum Gasteiger partial charge on any atom is -0.387 e. The number of nitrogens with one attached hydrogen (secondary N) is 2. The molecule has 0 atom stereocenters. The maximum Gasteiger partial charge on any atom is 0.255 e. The Balaban J connectivity index is 1.82. The van der Waals surface area contributed by atoms with Crippen molar-refractivity contribution in [2.45, 2.75) is 19.3 Å². The Hall–Kier alpha value is -1.50. The number of anilines is 2. The standard InChI is InChI=1S/C17H20IN3O/c18-14-4-5-16(21-10-2-1-3-11-21)15(12-14)20-17(22)13-6-8-19-9-7-13/h4-8,12,19H,1-3,9-11H2,(H,20,22). The lowest BCUT2D eigenvalue weighted by Gasteiger charge is -2.30. The van der Waals surface area contributed by atoms with E-state index in [1.165, 1.54) is 19.3 Å². The summed E-state index contributed by atoms with van der Waals surface area (Å²) < 4.78 is 1.13. The van der Waals surface area contributed by atoms with Gasteiger partial charge in [0, 0.05) is 28.8 Å². The second kappa shape index (κ2) is 7.17. The van der Waals surface area contributed by atoms with Gasteiger partial charge in [0.25, 0.3) is 5.91 Å². The third-order valence-corrected chi connectivity index (χ3v) is 4.66. The van der Waals surface area contributed by atoms with Crippen molar-refractivity contribution in [2.24, 2.45) is 0 Å². The highest BCUT2D eigenvalue weighted by molar-refractivity contribution is 14.1. The number of piperidine rings is 1. The molecule has 0 aliphatic carbocycles. The van der Waals surface area contributed by atoms with E-state index in [2.05, 4.69) is 50.3 Å². The molecule has 22 heavy (non-hydrogen) atoms. The van der Waals surface area contributed by atoms with Crippen LogP contribution in [0.25, 0.3) is 0 Å². The van der Waals surface area contributed by atoms with E-state index < -0.39 is 0 Å². The van der Waals surface area contributed by atoms with Crippen molar-refractivity contribution in [3.8, 4) is 0 Å². The van der Waals surface area contributed by atoms with Crippen LogP contribution in [0.4, 0.5) is 11.4 Å². The molecule has 0 bridgehead atoms. The molecule has 0 saturated carbocycles. The van der Waals surface area contributed by atoms with Crippen molar-refractivity contribution >= 4 is 39.9 Å². The van der Waals surface area contributed by atoms with Gasteiger partial charge in [0.05, 0.1) is 11.4 Å². The molecule has 0 unspecified atom stereocenters. The van der Waals surface area contributed by atoms with E-state index in [-0.39, 0.29) is 5.91 Å². The van der Waals surface area contributed by atoms with Crippen LogP contribution in [-0.2, 0) is 4.79 Å². The fourth-order valence-corrected chi connectivity index (χ4v) is 3.33. The van der Waals surface area contributed by atoms with Crippen LogP contribution in [0, 0.1) is 3.57 Å². The average Bonchev–Trinajstić information content (AvgIpc) is 2.56. The summed E-state index contributed by atoms with van der Waals surface area (Å²) in [6, 6.07) is 6.27. The van der Waals surface area contributed by atoms with Crippen molar-refractivity contribution in [3.63, 3.8) is 0 Å². The Morgan fingerprint density at radius 2 is 2.05 bits per heavy atom. The smallest absolute Gasteiger partial charge is 0.255 e. The quantitative estimate of drug-likeness (QED) is 0.754. The maximum absolute atomic E-state index is 12.4. The van der Waals surface area contributed by atoms with Gasteiger partial charge in [-0.15, -0.1) is 0 Å². The maximum atomic E-state index is 12.4. The predicted molar refractivity (Wildman–Crippen MR) is 99.1 cm³/mol. The number of halogens is 1. The van der Waals surface area contributed by atoms with Crippen molar-refractivity contribution in [2.75, 3.05) is 29.9 Å². The van der Waals surface area contributed by atoms with Crippen molar-refractivity contribution in [1.82, 2.24) is 5.32 Å². The van der Waals surface area contributed by atoms with E-state index >= 15 is 0 Å². The minimum atomic E-state index is -0.0435. The SMILES string of the molecule is O=C(Nc1cc(I)ccc1N1CCCCC1)C1=CCNC=C1. The first kappa shape index (κ1) is 15.4. The van der Waals surface area contributed by atoms with Gasteiger partial charge < -0.3 is 15.5 Å². The minimum absolute atomic E-state index is 0.0435. The van der Waals surface area contributed by atoms with Gasteiger partial charge in [0.15, 0.2) is 0 Å². The molecule has 0 radical (unpaired) electrons. The second-order valence-corrected chi connectivity index (χ2v) is 6.81. The zero-order chi connectivity index (χ0) is 15.4. The zero-order valence-corrected chi connectivity index (χ0v) is 14.6. The molecular weight excluding hydrogens is 389 g/mol. The third kappa shape index (κ3) is 3.63. The molecule has 2 aliphatic rings. The van der Waals surface area contributed by atoms with Crippen LogP contribution in [0.2, 0.25) is 0 Å². The fourth-order valence-electron chi connectivity index (χ4n) is 2.84. The van der Waals surface area contributed by atoms with Gasteiger partial charge in [-0.1, -0.05) is 6.08 Å². The first-order chi connectivity index (χ1) is 10.7. The van der Waals surface area contributed by atoms with Gasteiger partial charge in [-0.2, -0.15) is 0 Å². The van der Waals surface area contributed by atoms with Crippen LogP contribution in [0.15, 0.2) is 42.1 Å². The number of dihydropyridines is 1. The molecule has 2 N–H and O–H groups in total. The highest BCUT2D eigenvalue weighted by Gasteiger charge is 2.17. The highest BCUT2D eigenvalue weighted by atomic mass is 127. The number of amides is 1. The summed E-state index contributed by atoms with van der Waals surface area (Å²) in [4.78, 5) is 14.8. The van der Waals surface area contributed by atoms with E-state index in [4.69, 9.17) is 0 Å². The first-order valence-corrected chi connectivity index (χ1v) is 8.78. The summed E-state index contributed by atoms with van der Waals surface area (Å²) in [5.74, 6) is -0.0435. The monoisotopic (exact) mass is 409 g/mol. The largest absolute Gasteiger partial charge is 0.387 e.